The maximum absolute atomic E-state index is 13.3. The molecule has 0 bridgehead atoms. The summed E-state index contributed by atoms with van der Waals surface area (Å²) < 4.78 is 9.52. The number of ketones is 2. The van der Waals surface area contributed by atoms with Gasteiger partial charge in [0.25, 0.3) is 0 Å². The first kappa shape index (κ1) is 23.4. The van der Waals surface area contributed by atoms with Crippen molar-refractivity contribution in [2.75, 3.05) is 32.8 Å². The highest BCUT2D eigenvalue weighted by atomic mass is 16.5. The summed E-state index contributed by atoms with van der Waals surface area (Å²) in [6.45, 7) is 4.44. The Hall–Kier alpha value is -4.75. The lowest BCUT2D eigenvalue weighted by atomic mass is 9.98. The normalized spacial score (nSPS) is 18.4. The number of hydrogen-bond acceptors (Lipinski definition) is 6. The highest BCUT2D eigenvalue weighted by Crippen LogP contribution is 2.40. The number of guanidine groups is 1. The van der Waals surface area contributed by atoms with E-state index in [9.17, 15) is 14.9 Å². The fraction of sp³-hybridized carbons (Fsp3) is 0.276. The summed E-state index contributed by atoms with van der Waals surface area (Å²) in [5.41, 5.74) is 5.13. The van der Waals surface area contributed by atoms with E-state index in [-0.39, 0.29) is 18.0 Å². The van der Waals surface area contributed by atoms with E-state index in [0.29, 0.717) is 68.7 Å². The summed E-state index contributed by atoms with van der Waals surface area (Å²) >= 11 is 0. The lowest BCUT2D eigenvalue weighted by Gasteiger charge is -2.35. The van der Waals surface area contributed by atoms with Crippen molar-refractivity contribution < 1.29 is 14.3 Å². The minimum atomic E-state index is -0.182. The number of aliphatic imine (C=N–C) groups is 1. The standard InChI is InChI=1S/C29H25N7O3/c30-18-32-29(33-10-12-39-13-11-33)35-9-8-34-17-21(20-5-3-4-19(16-35)28(20)34)26-23(37)14-24(38)27(26)22-15-31-25-6-1-2-7-36(22)25/h1-7,15,17H,8-14,16H2. The van der Waals surface area contributed by atoms with E-state index < -0.39 is 0 Å². The van der Waals surface area contributed by atoms with Crippen LogP contribution in [0.25, 0.3) is 27.7 Å². The molecule has 0 unspecified atom stereocenters. The van der Waals surface area contributed by atoms with Crippen molar-refractivity contribution in [1.82, 2.24) is 23.8 Å². The summed E-state index contributed by atoms with van der Waals surface area (Å²) in [7, 11) is 0. The molecule has 194 valence electrons. The van der Waals surface area contributed by atoms with Crippen molar-refractivity contribution in [3.05, 3.63) is 71.8 Å². The van der Waals surface area contributed by atoms with E-state index in [1.54, 1.807) is 6.20 Å². The fourth-order valence-electron chi connectivity index (χ4n) is 6.05. The molecule has 10 heteroatoms. The first-order chi connectivity index (χ1) is 19.1. The Morgan fingerprint density at radius 1 is 0.974 bits per heavy atom. The Kier molecular flexibility index (Phi) is 5.52. The molecule has 0 amide bonds. The third-order valence-corrected chi connectivity index (χ3v) is 7.75. The molecule has 1 aliphatic carbocycles. The first-order valence-corrected chi connectivity index (χ1v) is 13.0. The molecule has 0 saturated carbocycles. The minimum Gasteiger partial charge on any atom is -0.378 e. The van der Waals surface area contributed by atoms with E-state index in [2.05, 4.69) is 30.4 Å². The molecule has 39 heavy (non-hydrogen) atoms. The van der Waals surface area contributed by atoms with Gasteiger partial charge in [0.2, 0.25) is 12.2 Å². The van der Waals surface area contributed by atoms with Gasteiger partial charge in [0, 0.05) is 61.6 Å². The number of pyridine rings is 1. The highest BCUT2D eigenvalue weighted by molar-refractivity contribution is 6.51. The van der Waals surface area contributed by atoms with Crippen LogP contribution in [0, 0.1) is 11.5 Å². The zero-order valence-corrected chi connectivity index (χ0v) is 21.2. The molecule has 2 aliphatic heterocycles. The van der Waals surface area contributed by atoms with Gasteiger partial charge in [-0.15, -0.1) is 4.99 Å². The monoisotopic (exact) mass is 519 g/mol. The van der Waals surface area contributed by atoms with Crippen LogP contribution >= 0.6 is 0 Å². The average molecular weight is 520 g/mol. The number of benzene rings is 1. The summed E-state index contributed by atoms with van der Waals surface area (Å²) in [5.74, 6) is 0.316. The second-order valence-electron chi connectivity index (χ2n) is 9.93. The molecule has 3 aliphatic rings. The Morgan fingerprint density at radius 3 is 2.67 bits per heavy atom. The number of Topliss-reactive ketones (excluding diaryl/α,β-unsaturated/α-hetero) is 2. The summed E-state index contributed by atoms with van der Waals surface area (Å²) in [4.78, 5) is 39.4. The first-order valence-electron chi connectivity index (χ1n) is 13.0. The predicted octanol–water partition coefficient (Wildman–Crippen LogP) is 2.73. The Bertz CT molecular complexity index is 1760. The number of carbonyl (C=O) groups is 2. The van der Waals surface area contributed by atoms with Crippen molar-refractivity contribution in [3.8, 4) is 6.19 Å². The molecule has 10 nitrogen and oxygen atoms in total. The fourth-order valence-corrected chi connectivity index (χ4v) is 6.05. The van der Waals surface area contributed by atoms with Crippen LogP contribution in [0.15, 0.2) is 60.0 Å². The van der Waals surface area contributed by atoms with E-state index in [1.807, 2.05) is 53.3 Å². The highest BCUT2D eigenvalue weighted by Gasteiger charge is 2.36. The second-order valence-corrected chi connectivity index (χ2v) is 9.93. The number of allylic oxidation sites excluding steroid dienone is 2. The smallest absolute Gasteiger partial charge is 0.213 e. The number of rotatable bonds is 2. The second kappa shape index (κ2) is 9.22. The van der Waals surface area contributed by atoms with Gasteiger partial charge in [0.1, 0.15) is 5.65 Å². The van der Waals surface area contributed by atoms with Gasteiger partial charge < -0.3 is 19.1 Å². The quantitative estimate of drug-likeness (QED) is 0.173. The number of imidazole rings is 1. The number of carbonyl (C=O) groups excluding carboxylic acids is 2. The lowest BCUT2D eigenvalue weighted by molar-refractivity contribution is -0.119. The number of nitrogens with zero attached hydrogens (tertiary/aromatic N) is 7. The molecule has 1 fully saturated rings. The number of nitriles is 1. The van der Waals surface area contributed by atoms with Crippen LogP contribution in [0.5, 0.6) is 0 Å². The van der Waals surface area contributed by atoms with E-state index in [0.717, 1.165) is 27.7 Å². The van der Waals surface area contributed by atoms with Gasteiger partial charge in [-0.2, -0.15) is 5.26 Å². The SMILES string of the molecule is N#CN=C(N1CCOCC1)N1CCn2cc(C3=C(c4cnc5ccccn45)C(=O)CC3=O)c3cccc(c32)C1. The zero-order chi connectivity index (χ0) is 26.5. The van der Waals surface area contributed by atoms with E-state index in [4.69, 9.17) is 4.74 Å². The van der Waals surface area contributed by atoms with Crippen molar-refractivity contribution in [2.24, 2.45) is 4.99 Å². The zero-order valence-electron chi connectivity index (χ0n) is 21.2. The number of fused-ring (bicyclic) bond motifs is 1. The number of aromatic nitrogens is 3. The van der Waals surface area contributed by atoms with Crippen molar-refractivity contribution in [3.63, 3.8) is 0 Å². The van der Waals surface area contributed by atoms with E-state index >= 15 is 0 Å². The number of morpholine rings is 1. The molecule has 1 aromatic carbocycles. The van der Waals surface area contributed by atoms with Gasteiger partial charge in [-0.3, -0.25) is 14.0 Å². The van der Waals surface area contributed by atoms with Crippen LogP contribution in [0.4, 0.5) is 0 Å². The molecule has 0 atom stereocenters. The Balaban J connectivity index is 1.35. The molecular weight excluding hydrogens is 494 g/mol. The van der Waals surface area contributed by atoms with Gasteiger partial charge in [-0.1, -0.05) is 24.3 Å². The van der Waals surface area contributed by atoms with Crippen LogP contribution < -0.4 is 0 Å². The van der Waals surface area contributed by atoms with Gasteiger partial charge in [-0.05, 0) is 17.7 Å². The largest absolute Gasteiger partial charge is 0.378 e. The van der Waals surface area contributed by atoms with Crippen LogP contribution in [0.3, 0.4) is 0 Å². The minimum absolute atomic E-state index is 0.140. The number of ether oxygens (including phenoxy) is 1. The number of hydrogen-bond donors (Lipinski definition) is 0. The van der Waals surface area contributed by atoms with Gasteiger partial charge in [0.15, 0.2) is 11.6 Å². The summed E-state index contributed by atoms with van der Waals surface area (Å²) in [6, 6.07) is 11.7. The predicted molar refractivity (Wildman–Crippen MR) is 144 cm³/mol. The molecule has 4 aromatic rings. The maximum Gasteiger partial charge on any atom is 0.213 e. The van der Waals surface area contributed by atoms with Crippen molar-refractivity contribution in [1.29, 1.82) is 5.26 Å². The average Bonchev–Trinajstić information content (AvgIpc) is 3.58. The Morgan fingerprint density at radius 2 is 1.82 bits per heavy atom. The topological polar surface area (TPSA) is 108 Å². The molecule has 7 rings (SSSR count). The molecular formula is C29H25N7O3. The van der Waals surface area contributed by atoms with Crippen LogP contribution in [0.2, 0.25) is 0 Å². The third kappa shape index (κ3) is 3.73. The third-order valence-electron chi connectivity index (χ3n) is 7.75. The summed E-state index contributed by atoms with van der Waals surface area (Å²) in [5, 5.41) is 10.4. The van der Waals surface area contributed by atoms with Gasteiger partial charge in [0.05, 0.1) is 42.6 Å². The molecule has 1 saturated heterocycles. The van der Waals surface area contributed by atoms with Gasteiger partial charge >= 0.3 is 0 Å². The lowest BCUT2D eigenvalue weighted by Crippen LogP contribution is -2.49. The van der Waals surface area contributed by atoms with Crippen molar-refractivity contribution in [2.45, 2.75) is 19.5 Å². The van der Waals surface area contributed by atoms with Crippen molar-refractivity contribution >= 4 is 45.2 Å². The summed E-state index contributed by atoms with van der Waals surface area (Å²) in [6.07, 6.45) is 7.38. The van der Waals surface area contributed by atoms with Gasteiger partial charge in [-0.25, -0.2) is 4.98 Å². The maximum atomic E-state index is 13.3. The molecule has 0 radical (unpaired) electrons. The van der Waals surface area contributed by atoms with Crippen LogP contribution in [0.1, 0.15) is 23.2 Å². The van der Waals surface area contributed by atoms with Crippen LogP contribution in [-0.2, 0) is 27.4 Å². The van der Waals surface area contributed by atoms with E-state index in [1.165, 1.54) is 0 Å². The Labute approximate surface area is 224 Å². The molecule has 0 N–H and O–H groups in total. The van der Waals surface area contributed by atoms with Crippen LogP contribution in [-0.4, -0.2) is 74.1 Å². The number of para-hydroxylation sites is 1. The molecule has 3 aromatic heterocycles. The molecule has 5 heterocycles. The molecule has 0 spiro atoms.